The van der Waals surface area contributed by atoms with Crippen molar-refractivity contribution in [1.29, 1.82) is 0 Å². The van der Waals surface area contributed by atoms with Gasteiger partial charge in [0.15, 0.2) is 0 Å². The molecule has 2 aliphatic rings. The molecule has 0 spiro atoms. The molecule has 0 bridgehead atoms. The highest BCUT2D eigenvalue weighted by molar-refractivity contribution is 6.00. The molecular formula is C19H24FN3O3. The Morgan fingerprint density at radius 1 is 1.04 bits per heavy atom. The second kappa shape index (κ2) is 7.43. The number of carbonyl (C=O) groups excluding carboxylic acids is 3. The summed E-state index contributed by atoms with van der Waals surface area (Å²) in [5, 5.41) is 0. The predicted octanol–water partition coefficient (Wildman–Crippen LogP) is 1.51. The number of hydrogen-bond acceptors (Lipinski definition) is 3. The average Bonchev–Trinajstić information content (AvgIpc) is 3.03. The van der Waals surface area contributed by atoms with Crippen molar-refractivity contribution < 1.29 is 18.8 Å². The SMILES string of the molecule is CC(C)C(=O)N1CCN(C(=O)[C@@H]2CC(=O)N(c3ccc(F)cc3)C2)CC1. The zero-order valence-corrected chi connectivity index (χ0v) is 15.2. The summed E-state index contributed by atoms with van der Waals surface area (Å²) >= 11 is 0. The first-order valence-electron chi connectivity index (χ1n) is 9.00. The van der Waals surface area contributed by atoms with Gasteiger partial charge in [0.2, 0.25) is 17.7 Å². The summed E-state index contributed by atoms with van der Waals surface area (Å²) in [6.45, 7) is 6.11. The van der Waals surface area contributed by atoms with Gasteiger partial charge in [-0.1, -0.05) is 13.8 Å². The smallest absolute Gasteiger partial charge is 0.228 e. The number of amides is 3. The summed E-state index contributed by atoms with van der Waals surface area (Å²) in [6.07, 6.45) is 0.168. The minimum absolute atomic E-state index is 0.0420. The molecule has 0 radical (unpaired) electrons. The van der Waals surface area contributed by atoms with Crippen LogP contribution in [0.5, 0.6) is 0 Å². The van der Waals surface area contributed by atoms with Gasteiger partial charge < -0.3 is 14.7 Å². The highest BCUT2D eigenvalue weighted by atomic mass is 19.1. The Morgan fingerprint density at radius 2 is 1.62 bits per heavy atom. The Balaban J connectivity index is 1.59. The zero-order valence-electron chi connectivity index (χ0n) is 15.2. The molecule has 3 amide bonds. The summed E-state index contributed by atoms with van der Waals surface area (Å²) < 4.78 is 13.1. The zero-order chi connectivity index (χ0) is 18.8. The molecule has 0 N–H and O–H groups in total. The van der Waals surface area contributed by atoms with E-state index in [9.17, 15) is 18.8 Å². The van der Waals surface area contributed by atoms with E-state index >= 15 is 0 Å². The lowest BCUT2D eigenvalue weighted by molar-refractivity contribution is -0.143. The second-order valence-electron chi connectivity index (χ2n) is 7.19. The van der Waals surface area contributed by atoms with E-state index in [0.717, 1.165) is 0 Å². The van der Waals surface area contributed by atoms with Crippen LogP contribution in [0.25, 0.3) is 0 Å². The van der Waals surface area contributed by atoms with Crippen molar-refractivity contribution in [3.05, 3.63) is 30.1 Å². The van der Waals surface area contributed by atoms with Gasteiger partial charge in [0.05, 0.1) is 5.92 Å². The number of piperazine rings is 1. The molecule has 0 saturated carbocycles. The predicted molar refractivity (Wildman–Crippen MR) is 94.9 cm³/mol. The summed E-state index contributed by atoms with van der Waals surface area (Å²) in [5.41, 5.74) is 0.610. The van der Waals surface area contributed by atoms with E-state index in [-0.39, 0.29) is 41.8 Å². The number of nitrogens with zero attached hydrogens (tertiary/aromatic N) is 3. The van der Waals surface area contributed by atoms with Gasteiger partial charge in [0.25, 0.3) is 0 Å². The van der Waals surface area contributed by atoms with E-state index in [4.69, 9.17) is 0 Å². The number of hydrogen-bond donors (Lipinski definition) is 0. The monoisotopic (exact) mass is 361 g/mol. The molecule has 2 saturated heterocycles. The van der Waals surface area contributed by atoms with Crippen molar-refractivity contribution >= 4 is 23.4 Å². The van der Waals surface area contributed by atoms with Gasteiger partial charge in [-0.15, -0.1) is 0 Å². The summed E-state index contributed by atoms with van der Waals surface area (Å²) in [4.78, 5) is 42.2. The molecule has 1 atom stereocenters. The van der Waals surface area contributed by atoms with Crippen LogP contribution in [-0.4, -0.2) is 60.2 Å². The molecule has 6 nitrogen and oxygen atoms in total. The van der Waals surface area contributed by atoms with Crippen molar-refractivity contribution in [2.75, 3.05) is 37.6 Å². The third-order valence-electron chi connectivity index (χ3n) is 5.01. The first-order chi connectivity index (χ1) is 12.4. The van der Waals surface area contributed by atoms with Gasteiger partial charge in [0, 0.05) is 50.7 Å². The van der Waals surface area contributed by atoms with Gasteiger partial charge in [-0.3, -0.25) is 14.4 Å². The van der Waals surface area contributed by atoms with Gasteiger partial charge in [0.1, 0.15) is 5.82 Å². The Hall–Kier alpha value is -2.44. The Kier molecular flexibility index (Phi) is 5.25. The third kappa shape index (κ3) is 3.71. The van der Waals surface area contributed by atoms with Gasteiger partial charge in [-0.05, 0) is 24.3 Å². The molecule has 3 rings (SSSR count). The molecule has 2 aliphatic heterocycles. The number of rotatable bonds is 3. The van der Waals surface area contributed by atoms with E-state index in [1.54, 1.807) is 26.8 Å². The lowest BCUT2D eigenvalue weighted by Gasteiger charge is -2.36. The number of halogens is 1. The third-order valence-corrected chi connectivity index (χ3v) is 5.01. The maximum atomic E-state index is 13.1. The normalized spacial score (nSPS) is 20.8. The lowest BCUT2D eigenvalue weighted by atomic mass is 10.1. The Labute approximate surface area is 152 Å². The molecule has 1 aromatic rings. The molecule has 2 fully saturated rings. The molecule has 140 valence electrons. The summed E-state index contributed by atoms with van der Waals surface area (Å²) in [7, 11) is 0. The van der Waals surface area contributed by atoms with Crippen molar-refractivity contribution in [2.45, 2.75) is 20.3 Å². The first-order valence-corrected chi connectivity index (χ1v) is 9.00. The van der Waals surface area contributed by atoms with Gasteiger partial charge >= 0.3 is 0 Å². The highest BCUT2D eigenvalue weighted by Gasteiger charge is 2.38. The maximum absolute atomic E-state index is 13.1. The topological polar surface area (TPSA) is 60.9 Å². The molecule has 1 aromatic carbocycles. The molecular weight excluding hydrogens is 337 g/mol. The highest BCUT2D eigenvalue weighted by Crippen LogP contribution is 2.27. The summed E-state index contributed by atoms with van der Waals surface area (Å²) in [6, 6.07) is 5.72. The molecule has 0 aromatic heterocycles. The van der Waals surface area contributed by atoms with E-state index in [0.29, 0.717) is 38.4 Å². The van der Waals surface area contributed by atoms with E-state index < -0.39 is 0 Å². The molecule has 2 heterocycles. The summed E-state index contributed by atoms with van der Waals surface area (Å²) in [5.74, 6) is -0.852. The maximum Gasteiger partial charge on any atom is 0.228 e. The number of benzene rings is 1. The minimum Gasteiger partial charge on any atom is -0.339 e. The van der Waals surface area contributed by atoms with Crippen LogP contribution in [0.15, 0.2) is 24.3 Å². The minimum atomic E-state index is -0.389. The fourth-order valence-corrected chi connectivity index (χ4v) is 3.51. The largest absolute Gasteiger partial charge is 0.339 e. The molecule has 0 unspecified atom stereocenters. The second-order valence-corrected chi connectivity index (χ2v) is 7.19. The van der Waals surface area contributed by atoms with Gasteiger partial charge in [-0.25, -0.2) is 4.39 Å². The fraction of sp³-hybridized carbons (Fsp3) is 0.526. The van der Waals surface area contributed by atoms with Crippen LogP contribution < -0.4 is 4.90 Å². The van der Waals surface area contributed by atoms with Crippen LogP contribution in [0.1, 0.15) is 20.3 Å². The van der Waals surface area contributed by atoms with Crippen LogP contribution in [0, 0.1) is 17.7 Å². The van der Waals surface area contributed by atoms with Crippen LogP contribution in [0.4, 0.5) is 10.1 Å². The van der Waals surface area contributed by atoms with Crippen molar-refractivity contribution in [3.63, 3.8) is 0 Å². The lowest BCUT2D eigenvalue weighted by Crippen LogP contribution is -2.53. The molecule has 26 heavy (non-hydrogen) atoms. The number of carbonyl (C=O) groups is 3. The van der Waals surface area contributed by atoms with Crippen LogP contribution in [-0.2, 0) is 14.4 Å². The number of anilines is 1. The molecule has 7 heteroatoms. The average molecular weight is 361 g/mol. The fourth-order valence-electron chi connectivity index (χ4n) is 3.51. The Bertz CT molecular complexity index is 696. The van der Waals surface area contributed by atoms with E-state index in [1.807, 2.05) is 13.8 Å². The van der Waals surface area contributed by atoms with E-state index in [1.165, 1.54) is 12.1 Å². The van der Waals surface area contributed by atoms with Crippen LogP contribution in [0.2, 0.25) is 0 Å². The first kappa shape index (κ1) is 18.4. The quantitative estimate of drug-likeness (QED) is 0.820. The van der Waals surface area contributed by atoms with Crippen LogP contribution >= 0.6 is 0 Å². The van der Waals surface area contributed by atoms with E-state index in [2.05, 4.69) is 0 Å². The Morgan fingerprint density at radius 3 is 2.19 bits per heavy atom. The van der Waals surface area contributed by atoms with Crippen molar-refractivity contribution in [2.24, 2.45) is 11.8 Å². The van der Waals surface area contributed by atoms with Crippen molar-refractivity contribution in [3.8, 4) is 0 Å². The van der Waals surface area contributed by atoms with Crippen LogP contribution in [0.3, 0.4) is 0 Å². The van der Waals surface area contributed by atoms with Crippen molar-refractivity contribution in [1.82, 2.24) is 9.80 Å². The van der Waals surface area contributed by atoms with Gasteiger partial charge in [-0.2, -0.15) is 0 Å². The molecule has 0 aliphatic carbocycles. The standard InChI is InChI=1S/C19H24FN3O3/c1-13(2)18(25)21-7-9-22(10-8-21)19(26)14-11-17(24)23(12-14)16-5-3-15(20)4-6-16/h3-6,13-14H,7-12H2,1-2H3/t14-/m1/s1.